The second-order valence-corrected chi connectivity index (χ2v) is 7.79. The van der Waals surface area contributed by atoms with Gasteiger partial charge in [-0.25, -0.2) is 9.37 Å². The molecule has 164 valence electrons. The van der Waals surface area contributed by atoms with E-state index in [1.54, 1.807) is 18.2 Å². The largest absolute Gasteiger partial charge is 0.494 e. The van der Waals surface area contributed by atoms with Gasteiger partial charge < -0.3 is 10.1 Å². The third kappa shape index (κ3) is 4.60. The van der Waals surface area contributed by atoms with E-state index in [2.05, 4.69) is 21.3 Å². The summed E-state index contributed by atoms with van der Waals surface area (Å²) < 4.78 is 18.9. The summed E-state index contributed by atoms with van der Waals surface area (Å²) in [6.07, 6.45) is 1.75. The Bertz CT molecular complexity index is 1200. The third-order valence-electron chi connectivity index (χ3n) is 5.69. The van der Waals surface area contributed by atoms with Crippen LogP contribution in [0.15, 0.2) is 42.5 Å². The number of methoxy groups -OCH3 is 1. The summed E-state index contributed by atoms with van der Waals surface area (Å²) in [5, 5.41) is 24.4. The number of rotatable bonds is 6. The number of nitro benzene ring substituents is 1. The number of nitrogens with one attached hydrogen (secondary N) is 1. The molecule has 0 amide bonds. The molecular formula is C23H22FN5O3. The summed E-state index contributed by atoms with van der Waals surface area (Å²) in [6.45, 7) is 2.35. The number of nitro groups is 1. The van der Waals surface area contributed by atoms with Crippen LogP contribution < -0.4 is 10.1 Å². The monoisotopic (exact) mass is 435 g/mol. The number of hydrogen-bond acceptors (Lipinski definition) is 7. The molecule has 0 unspecified atom stereocenters. The van der Waals surface area contributed by atoms with Crippen molar-refractivity contribution in [3.63, 3.8) is 0 Å². The third-order valence-corrected chi connectivity index (χ3v) is 5.69. The van der Waals surface area contributed by atoms with Crippen LogP contribution in [-0.4, -0.2) is 41.0 Å². The highest BCUT2D eigenvalue weighted by Gasteiger charge is 2.21. The summed E-state index contributed by atoms with van der Waals surface area (Å²) in [5.74, 6) is 0.465. The molecule has 9 heteroatoms. The first kappa shape index (κ1) is 21.5. The lowest BCUT2D eigenvalue weighted by molar-refractivity contribution is -0.384. The highest BCUT2D eigenvalue weighted by atomic mass is 19.1. The van der Waals surface area contributed by atoms with Crippen LogP contribution in [0, 0.1) is 27.3 Å². The van der Waals surface area contributed by atoms with Crippen LogP contribution in [0.25, 0.3) is 10.9 Å². The Labute approximate surface area is 184 Å². The summed E-state index contributed by atoms with van der Waals surface area (Å²) in [7, 11) is 1.45. The van der Waals surface area contributed by atoms with E-state index in [-0.39, 0.29) is 23.3 Å². The number of halogens is 1. The fourth-order valence-corrected chi connectivity index (χ4v) is 4.00. The SMILES string of the molecule is COc1ccc(CN2CCC(Nc3cc(C#N)c4cc([N+](=O)[O-])ccc4n3)CC2)cc1F. The van der Waals surface area contributed by atoms with Gasteiger partial charge in [0.15, 0.2) is 11.6 Å². The average Bonchev–Trinajstić information content (AvgIpc) is 2.79. The Morgan fingerprint density at radius 1 is 1.28 bits per heavy atom. The molecule has 0 aliphatic carbocycles. The van der Waals surface area contributed by atoms with E-state index in [1.165, 1.54) is 25.3 Å². The molecule has 2 aromatic carbocycles. The molecule has 1 aromatic heterocycles. The molecule has 0 atom stereocenters. The maximum atomic E-state index is 13.9. The summed E-state index contributed by atoms with van der Waals surface area (Å²) in [4.78, 5) is 17.3. The van der Waals surface area contributed by atoms with Crippen molar-refractivity contribution in [1.29, 1.82) is 5.26 Å². The van der Waals surface area contributed by atoms with Gasteiger partial charge in [-0.2, -0.15) is 5.26 Å². The molecule has 0 spiro atoms. The second kappa shape index (κ2) is 9.16. The first-order valence-electron chi connectivity index (χ1n) is 10.3. The lowest BCUT2D eigenvalue weighted by Gasteiger charge is -2.32. The van der Waals surface area contributed by atoms with Gasteiger partial charge in [-0.1, -0.05) is 6.07 Å². The Kier molecular flexibility index (Phi) is 6.14. The number of anilines is 1. The second-order valence-electron chi connectivity index (χ2n) is 7.79. The number of fused-ring (bicyclic) bond motifs is 1. The minimum Gasteiger partial charge on any atom is -0.494 e. The number of nitriles is 1. The van der Waals surface area contributed by atoms with E-state index < -0.39 is 4.92 Å². The summed E-state index contributed by atoms with van der Waals surface area (Å²) in [5.41, 5.74) is 1.72. The number of benzene rings is 2. The minimum atomic E-state index is -0.485. The van der Waals surface area contributed by atoms with Gasteiger partial charge in [0.25, 0.3) is 5.69 Å². The number of pyridine rings is 1. The summed E-state index contributed by atoms with van der Waals surface area (Å²) in [6, 6.07) is 13.3. The molecule has 0 bridgehead atoms. The number of likely N-dealkylation sites (tertiary alicyclic amines) is 1. The van der Waals surface area contributed by atoms with E-state index >= 15 is 0 Å². The van der Waals surface area contributed by atoms with E-state index in [0.717, 1.165) is 31.5 Å². The zero-order valence-electron chi connectivity index (χ0n) is 17.5. The smallest absolute Gasteiger partial charge is 0.270 e. The normalized spacial score (nSPS) is 14.8. The number of nitrogens with zero attached hydrogens (tertiary/aromatic N) is 4. The van der Waals surface area contributed by atoms with Crippen LogP contribution in [0.2, 0.25) is 0 Å². The number of non-ortho nitro benzene ring substituents is 1. The zero-order chi connectivity index (χ0) is 22.7. The molecule has 1 aliphatic rings. The molecule has 3 aromatic rings. The first-order valence-corrected chi connectivity index (χ1v) is 10.3. The maximum Gasteiger partial charge on any atom is 0.270 e. The average molecular weight is 435 g/mol. The Morgan fingerprint density at radius 2 is 2.06 bits per heavy atom. The first-order chi connectivity index (χ1) is 15.5. The molecule has 0 saturated carbocycles. The van der Waals surface area contributed by atoms with Crippen LogP contribution in [0.3, 0.4) is 0 Å². The highest BCUT2D eigenvalue weighted by Crippen LogP contribution is 2.26. The van der Waals surface area contributed by atoms with Crippen molar-refractivity contribution in [2.75, 3.05) is 25.5 Å². The Morgan fingerprint density at radius 3 is 2.72 bits per heavy atom. The van der Waals surface area contributed by atoms with Crippen LogP contribution in [0.1, 0.15) is 24.0 Å². The molecule has 1 aliphatic heterocycles. The van der Waals surface area contributed by atoms with E-state index in [1.807, 2.05) is 6.07 Å². The molecule has 2 heterocycles. The van der Waals surface area contributed by atoms with Crippen LogP contribution in [-0.2, 0) is 6.54 Å². The molecule has 1 N–H and O–H groups in total. The van der Waals surface area contributed by atoms with Gasteiger partial charge in [0.05, 0.1) is 29.2 Å². The molecule has 8 nitrogen and oxygen atoms in total. The van der Waals surface area contributed by atoms with Gasteiger partial charge in [-0.3, -0.25) is 15.0 Å². The van der Waals surface area contributed by atoms with Crippen LogP contribution >= 0.6 is 0 Å². The number of piperidine rings is 1. The zero-order valence-corrected chi connectivity index (χ0v) is 17.5. The number of aromatic nitrogens is 1. The topological polar surface area (TPSA) is 104 Å². The van der Waals surface area contributed by atoms with E-state index in [0.29, 0.717) is 28.8 Å². The quantitative estimate of drug-likeness (QED) is 0.456. The molecule has 1 fully saturated rings. The van der Waals surface area contributed by atoms with Gasteiger partial charge in [-0.05, 0) is 42.7 Å². The fraction of sp³-hybridized carbons (Fsp3) is 0.304. The van der Waals surface area contributed by atoms with Crippen molar-refractivity contribution in [1.82, 2.24) is 9.88 Å². The van der Waals surface area contributed by atoms with Gasteiger partial charge >= 0.3 is 0 Å². The molecular weight excluding hydrogens is 413 g/mol. The Balaban J connectivity index is 1.40. The number of hydrogen-bond donors (Lipinski definition) is 1. The minimum absolute atomic E-state index is 0.0689. The van der Waals surface area contributed by atoms with Crippen molar-refractivity contribution in [3.05, 3.63) is 69.5 Å². The van der Waals surface area contributed by atoms with Crippen molar-refractivity contribution in [3.8, 4) is 11.8 Å². The molecule has 32 heavy (non-hydrogen) atoms. The highest BCUT2D eigenvalue weighted by molar-refractivity contribution is 5.88. The summed E-state index contributed by atoms with van der Waals surface area (Å²) >= 11 is 0. The van der Waals surface area contributed by atoms with Gasteiger partial charge in [0, 0.05) is 43.2 Å². The van der Waals surface area contributed by atoms with Gasteiger partial charge in [0.2, 0.25) is 0 Å². The van der Waals surface area contributed by atoms with Crippen LogP contribution in [0.4, 0.5) is 15.9 Å². The Hall–Kier alpha value is -3.77. The van der Waals surface area contributed by atoms with E-state index in [9.17, 15) is 19.8 Å². The van der Waals surface area contributed by atoms with E-state index in [4.69, 9.17) is 4.74 Å². The van der Waals surface area contributed by atoms with Crippen molar-refractivity contribution in [2.45, 2.75) is 25.4 Å². The van der Waals surface area contributed by atoms with Crippen molar-refractivity contribution in [2.24, 2.45) is 0 Å². The fourth-order valence-electron chi connectivity index (χ4n) is 4.00. The van der Waals surface area contributed by atoms with Gasteiger partial charge in [-0.15, -0.1) is 0 Å². The lowest BCUT2D eigenvalue weighted by Crippen LogP contribution is -2.38. The molecule has 4 rings (SSSR count). The lowest BCUT2D eigenvalue weighted by atomic mass is 10.0. The number of ether oxygens (including phenoxy) is 1. The molecule has 1 saturated heterocycles. The standard InChI is InChI=1S/C23H22FN5O3/c1-32-22-5-2-15(10-20(22)24)14-28-8-6-17(7-9-28)26-23-11-16(13-25)19-12-18(29(30)31)3-4-21(19)27-23/h2-5,10-12,17H,6-9,14H2,1H3,(H,26,27). The van der Waals surface area contributed by atoms with Crippen LogP contribution in [0.5, 0.6) is 5.75 Å². The predicted molar refractivity (Wildman–Crippen MR) is 118 cm³/mol. The van der Waals surface area contributed by atoms with Crippen molar-refractivity contribution >= 4 is 22.4 Å². The predicted octanol–water partition coefficient (Wildman–Crippen LogP) is 4.24. The van der Waals surface area contributed by atoms with Gasteiger partial charge in [0.1, 0.15) is 5.82 Å². The molecule has 0 radical (unpaired) electrons. The van der Waals surface area contributed by atoms with Crippen molar-refractivity contribution < 1.29 is 14.1 Å². The maximum absolute atomic E-state index is 13.9.